The van der Waals surface area contributed by atoms with E-state index < -0.39 is 11.9 Å². The van der Waals surface area contributed by atoms with Gasteiger partial charge < -0.3 is 19.5 Å². The van der Waals surface area contributed by atoms with E-state index >= 15 is 0 Å². The van der Waals surface area contributed by atoms with Gasteiger partial charge in [-0.3, -0.25) is 9.69 Å². The second kappa shape index (κ2) is 7.53. The number of hydrogen-bond acceptors (Lipinski definition) is 6. The Labute approximate surface area is 140 Å². The Morgan fingerprint density at radius 2 is 2.00 bits per heavy atom. The summed E-state index contributed by atoms with van der Waals surface area (Å²) in [5, 5.41) is 2.68. The fraction of sp³-hybridized carbons (Fsp3) is 0.529. The van der Waals surface area contributed by atoms with Crippen LogP contribution in [-0.2, 0) is 14.3 Å². The minimum absolute atomic E-state index is 0.0135. The first-order chi connectivity index (χ1) is 11.7. The van der Waals surface area contributed by atoms with E-state index in [9.17, 15) is 9.59 Å². The van der Waals surface area contributed by atoms with Crippen LogP contribution in [0.4, 0.5) is 0 Å². The van der Waals surface area contributed by atoms with E-state index in [-0.39, 0.29) is 19.4 Å². The highest BCUT2D eigenvalue weighted by molar-refractivity contribution is 6.32. The lowest BCUT2D eigenvalue weighted by Gasteiger charge is -2.28. The van der Waals surface area contributed by atoms with Crippen molar-refractivity contribution in [3.05, 3.63) is 23.8 Å². The Balaban J connectivity index is 1.72. The quantitative estimate of drug-likeness (QED) is 0.645. The summed E-state index contributed by atoms with van der Waals surface area (Å²) < 4.78 is 15.5. The molecule has 0 radical (unpaired) electrons. The van der Waals surface area contributed by atoms with Gasteiger partial charge in [-0.15, -0.1) is 0 Å². The maximum Gasteiger partial charge on any atom is 0.396 e. The van der Waals surface area contributed by atoms with E-state index in [1.807, 2.05) is 18.2 Å². The van der Waals surface area contributed by atoms with Gasteiger partial charge in [0.15, 0.2) is 11.5 Å². The third kappa shape index (κ3) is 3.62. The second-order valence-electron chi connectivity index (χ2n) is 5.80. The molecular formula is C17H22N2O5. The molecule has 0 aliphatic carbocycles. The summed E-state index contributed by atoms with van der Waals surface area (Å²) in [6, 6.07) is 5.79. The highest BCUT2D eigenvalue weighted by atomic mass is 16.7. The Hall–Kier alpha value is -2.28. The van der Waals surface area contributed by atoms with Crippen molar-refractivity contribution in [3.63, 3.8) is 0 Å². The number of esters is 1. The highest BCUT2D eigenvalue weighted by Gasteiger charge is 2.27. The molecule has 130 valence electrons. The van der Waals surface area contributed by atoms with Gasteiger partial charge in [0.1, 0.15) is 0 Å². The summed E-state index contributed by atoms with van der Waals surface area (Å²) in [5.74, 6) is -0.104. The van der Waals surface area contributed by atoms with Crippen LogP contribution in [0.2, 0.25) is 0 Å². The average Bonchev–Trinajstić information content (AvgIpc) is 3.26. The summed E-state index contributed by atoms with van der Waals surface area (Å²) in [6.07, 6.45) is 2.26. The van der Waals surface area contributed by atoms with Crippen LogP contribution in [0.1, 0.15) is 31.4 Å². The van der Waals surface area contributed by atoms with Crippen molar-refractivity contribution in [2.24, 2.45) is 0 Å². The molecule has 1 fully saturated rings. The van der Waals surface area contributed by atoms with Crippen molar-refractivity contribution in [3.8, 4) is 11.5 Å². The van der Waals surface area contributed by atoms with Gasteiger partial charge in [-0.1, -0.05) is 6.07 Å². The van der Waals surface area contributed by atoms with Crippen molar-refractivity contribution in [1.82, 2.24) is 10.2 Å². The van der Waals surface area contributed by atoms with Crippen LogP contribution < -0.4 is 14.8 Å². The number of hydrogen-bond donors (Lipinski definition) is 1. The highest BCUT2D eigenvalue weighted by Crippen LogP contribution is 2.36. The molecule has 0 aromatic heterocycles. The molecule has 1 aromatic carbocycles. The molecule has 2 heterocycles. The first-order valence-electron chi connectivity index (χ1n) is 8.27. The fourth-order valence-electron chi connectivity index (χ4n) is 3.09. The predicted octanol–water partition coefficient (Wildman–Crippen LogP) is 1.23. The van der Waals surface area contributed by atoms with Crippen molar-refractivity contribution in [2.75, 3.05) is 33.0 Å². The summed E-state index contributed by atoms with van der Waals surface area (Å²) in [5.41, 5.74) is 1.03. The molecule has 7 nitrogen and oxygen atoms in total. The molecule has 3 rings (SSSR count). The lowest BCUT2D eigenvalue weighted by molar-refractivity contribution is -0.154. The van der Waals surface area contributed by atoms with Crippen LogP contribution in [0.25, 0.3) is 0 Å². The zero-order valence-electron chi connectivity index (χ0n) is 13.7. The van der Waals surface area contributed by atoms with Crippen LogP contribution in [0.15, 0.2) is 18.2 Å². The molecule has 1 atom stereocenters. The van der Waals surface area contributed by atoms with Gasteiger partial charge in [-0.05, 0) is 50.6 Å². The Morgan fingerprint density at radius 3 is 2.75 bits per heavy atom. The van der Waals surface area contributed by atoms with Gasteiger partial charge >= 0.3 is 11.9 Å². The van der Waals surface area contributed by atoms with Gasteiger partial charge in [0.25, 0.3) is 0 Å². The molecule has 2 aliphatic rings. The molecule has 0 saturated carbocycles. The number of nitrogens with zero attached hydrogens (tertiary/aromatic N) is 1. The van der Waals surface area contributed by atoms with Crippen molar-refractivity contribution in [1.29, 1.82) is 0 Å². The second-order valence-corrected chi connectivity index (χ2v) is 5.80. The maximum absolute atomic E-state index is 11.8. The number of carbonyl (C=O) groups is 2. The topological polar surface area (TPSA) is 77.1 Å². The van der Waals surface area contributed by atoms with E-state index in [4.69, 9.17) is 14.2 Å². The Morgan fingerprint density at radius 1 is 1.25 bits per heavy atom. The van der Waals surface area contributed by atoms with Crippen molar-refractivity contribution in [2.45, 2.75) is 25.8 Å². The number of amides is 1. The Bertz CT molecular complexity index is 613. The molecule has 1 saturated heterocycles. The van der Waals surface area contributed by atoms with Gasteiger partial charge in [0, 0.05) is 6.54 Å². The van der Waals surface area contributed by atoms with Crippen LogP contribution >= 0.6 is 0 Å². The van der Waals surface area contributed by atoms with E-state index in [0.717, 1.165) is 37.2 Å². The van der Waals surface area contributed by atoms with Crippen LogP contribution in [0.5, 0.6) is 11.5 Å². The Kier molecular flexibility index (Phi) is 5.20. The summed E-state index contributed by atoms with van der Waals surface area (Å²) in [6.45, 7) is 4.36. The molecule has 1 amide bonds. The number of ether oxygens (including phenoxy) is 3. The predicted molar refractivity (Wildman–Crippen MR) is 85.8 cm³/mol. The molecule has 0 spiro atoms. The normalized spacial score (nSPS) is 17.5. The minimum atomic E-state index is -0.844. The number of rotatable bonds is 5. The molecule has 0 bridgehead atoms. The molecular weight excluding hydrogens is 312 g/mol. The molecule has 1 aromatic rings. The van der Waals surface area contributed by atoms with Crippen molar-refractivity contribution >= 4 is 11.9 Å². The van der Waals surface area contributed by atoms with Crippen LogP contribution in [0.3, 0.4) is 0 Å². The first kappa shape index (κ1) is 16.6. The number of benzene rings is 1. The smallest absolute Gasteiger partial charge is 0.396 e. The lowest BCUT2D eigenvalue weighted by atomic mass is 10.0. The van der Waals surface area contributed by atoms with E-state index in [1.54, 1.807) is 6.92 Å². The standard InChI is InChI=1S/C17H22N2O5/c1-2-22-17(21)16(20)18-10-13(19-7-3-4-8-19)12-5-6-14-15(9-12)24-11-23-14/h5-6,9,13H,2-4,7-8,10-11H2,1H3,(H,18,20). The summed E-state index contributed by atoms with van der Waals surface area (Å²) in [7, 11) is 0. The summed E-state index contributed by atoms with van der Waals surface area (Å²) in [4.78, 5) is 25.6. The fourth-order valence-corrected chi connectivity index (χ4v) is 3.09. The third-order valence-electron chi connectivity index (χ3n) is 4.28. The maximum atomic E-state index is 11.8. The number of nitrogens with one attached hydrogen (secondary N) is 1. The molecule has 1 N–H and O–H groups in total. The number of fused-ring (bicyclic) bond motifs is 1. The number of carbonyl (C=O) groups excluding carboxylic acids is 2. The average molecular weight is 334 g/mol. The van der Waals surface area contributed by atoms with Crippen LogP contribution in [0, 0.1) is 0 Å². The largest absolute Gasteiger partial charge is 0.459 e. The molecule has 2 aliphatic heterocycles. The van der Waals surface area contributed by atoms with Gasteiger partial charge in [-0.25, -0.2) is 4.79 Å². The third-order valence-corrected chi connectivity index (χ3v) is 4.28. The van der Waals surface area contributed by atoms with E-state index in [1.165, 1.54) is 0 Å². The minimum Gasteiger partial charge on any atom is -0.459 e. The zero-order valence-corrected chi connectivity index (χ0v) is 13.7. The van der Waals surface area contributed by atoms with Gasteiger partial charge in [0.05, 0.1) is 12.6 Å². The SMILES string of the molecule is CCOC(=O)C(=O)NCC(c1ccc2c(c1)OCO2)N1CCCC1. The monoisotopic (exact) mass is 334 g/mol. The van der Waals surface area contributed by atoms with E-state index in [2.05, 4.69) is 10.2 Å². The van der Waals surface area contributed by atoms with Gasteiger partial charge in [-0.2, -0.15) is 0 Å². The molecule has 24 heavy (non-hydrogen) atoms. The van der Waals surface area contributed by atoms with Crippen molar-refractivity contribution < 1.29 is 23.8 Å². The number of likely N-dealkylation sites (tertiary alicyclic amines) is 1. The lowest BCUT2D eigenvalue weighted by Crippen LogP contribution is -2.40. The molecule has 7 heteroatoms. The first-order valence-corrected chi connectivity index (χ1v) is 8.27. The van der Waals surface area contributed by atoms with Crippen LogP contribution in [-0.4, -0.2) is 49.8 Å². The zero-order chi connectivity index (χ0) is 16.9. The van der Waals surface area contributed by atoms with E-state index in [0.29, 0.717) is 12.3 Å². The molecule has 1 unspecified atom stereocenters. The summed E-state index contributed by atoms with van der Waals surface area (Å²) >= 11 is 0. The van der Waals surface area contributed by atoms with Gasteiger partial charge in [0.2, 0.25) is 6.79 Å².